The second kappa shape index (κ2) is 10.4. The van der Waals surface area contributed by atoms with Crippen LogP contribution in [0.3, 0.4) is 0 Å². The number of thiazole rings is 1. The fourth-order valence-electron chi connectivity index (χ4n) is 3.08. The molecule has 0 aliphatic rings. The zero-order valence-electron chi connectivity index (χ0n) is 17.9. The highest BCUT2D eigenvalue weighted by Gasteiger charge is 2.23. The molecule has 0 atom stereocenters. The molecule has 0 unspecified atom stereocenters. The van der Waals surface area contributed by atoms with Gasteiger partial charge in [0, 0.05) is 23.0 Å². The van der Waals surface area contributed by atoms with Crippen molar-refractivity contribution in [1.82, 2.24) is 4.98 Å². The van der Waals surface area contributed by atoms with E-state index in [-0.39, 0.29) is 22.1 Å². The Labute approximate surface area is 212 Å². The summed E-state index contributed by atoms with van der Waals surface area (Å²) >= 11 is 4.64. The Kier molecular flexibility index (Phi) is 7.34. The van der Waals surface area contributed by atoms with Gasteiger partial charge >= 0.3 is 0 Å². The molecule has 0 aliphatic heterocycles. The van der Waals surface area contributed by atoms with Crippen molar-refractivity contribution in [2.45, 2.75) is 11.3 Å². The number of aromatic nitrogens is 1. The number of amides is 1. The van der Waals surface area contributed by atoms with Gasteiger partial charge in [0.2, 0.25) is 5.13 Å². The number of non-ortho nitro benzene ring substituents is 1. The smallest absolute Gasteiger partial charge is 0.269 e. The summed E-state index contributed by atoms with van der Waals surface area (Å²) in [5.41, 5.74) is 1.11. The lowest BCUT2D eigenvalue weighted by Gasteiger charge is -2.14. The van der Waals surface area contributed by atoms with Gasteiger partial charge in [-0.25, -0.2) is 13.4 Å². The zero-order valence-corrected chi connectivity index (χ0v) is 21.2. The maximum Gasteiger partial charge on any atom is 0.269 e. The minimum atomic E-state index is -3.67. The molecular formula is C23H17BrN4O5S2. The molecule has 0 N–H and O–H groups in total. The van der Waals surface area contributed by atoms with E-state index in [0.29, 0.717) is 11.1 Å². The van der Waals surface area contributed by atoms with Crippen LogP contribution >= 0.6 is 27.3 Å². The van der Waals surface area contributed by atoms with Crippen LogP contribution < -0.4 is 5.01 Å². The Balaban J connectivity index is 1.62. The molecule has 12 heteroatoms. The minimum absolute atomic E-state index is 0.0713. The number of rotatable bonds is 8. The van der Waals surface area contributed by atoms with Crippen molar-refractivity contribution >= 4 is 70.3 Å². The van der Waals surface area contributed by atoms with E-state index in [9.17, 15) is 23.3 Å². The molecule has 4 rings (SSSR count). The van der Waals surface area contributed by atoms with Crippen LogP contribution in [0.2, 0.25) is 0 Å². The molecule has 35 heavy (non-hydrogen) atoms. The zero-order chi connectivity index (χ0) is 25.0. The average Bonchev–Trinajstić information content (AvgIpc) is 3.26. The number of carbonyl (C=O) groups excluding carboxylic acids is 1. The highest BCUT2D eigenvalue weighted by Crippen LogP contribution is 2.31. The van der Waals surface area contributed by atoms with Gasteiger partial charge in [-0.2, -0.15) is 10.1 Å². The van der Waals surface area contributed by atoms with Gasteiger partial charge in [0.05, 0.1) is 32.0 Å². The summed E-state index contributed by atoms with van der Waals surface area (Å²) in [4.78, 5) is 28.1. The Bertz CT molecular complexity index is 1520. The number of hydrogen-bond acceptors (Lipinski definition) is 8. The first-order valence-electron chi connectivity index (χ1n) is 10.2. The van der Waals surface area contributed by atoms with Crippen molar-refractivity contribution in [3.8, 4) is 0 Å². The normalized spacial score (nSPS) is 11.7. The number of benzene rings is 3. The lowest BCUT2D eigenvalue weighted by Crippen LogP contribution is -2.27. The van der Waals surface area contributed by atoms with Crippen LogP contribution in [0.25, 0.3) is 10.2 Å². The predicted octanol–water partition coefficient (Wildman–Crippen LogP) is 5.20. The van der Waals surface area contributed by atoms with Gasteiger partial charge in [-0.15, -0.1) is 0 Å². The van der Waals surface area contributed by atoms with Crippen molar-refractivity contribution in [2.24, 2.45) is 5.10 Å². The number of carbonyl (C=O) groups is 1. The van der Waals surface area contributed by atoms with E-state index in [1.165, 1.54) is 53.9 Å². The molecule has 0 fully saturated rings. The first kappa shape index (κ1) is 24.6. The SMILES string of the molecule is O=C(CCS(=O)(=O)c1ccccc1)N(/N=C/c1ccc([N+](=O)[O-])cc1)c1nc2ccc(Br)cc2s1. The molecule has 1 aromatic heterocycles. The van der Waals surface area contributed by atoms with Crippen LogP contribution in [0.4, 0.5) is 10.8 Å². The second-order valence-electron chi connectivity index (χ2n) is 7.29. The first-order valence-corrected chi connectivity index (χ1v) is 13.4. The molecule has 178 valence electrons. The van der Waals surface area contributed by atoms with E-state index in [4.69, 9.17) is 0 Å². The van der Waals surface area contributed by atoms with Gasteiger partial charge in [0.1, 0.15) is 0 Å². The fraction of sp³-hybridized carbons (Fsp3) is 0.0870. The van der Waals surface area contributed by atoms with Crippen LogP contribution in [0.1, 0.15) is 12.0 Å². The standard InChI is InChI=1S/C23H17BrN4O5S2/c24-17-8-11-20-21(14-17)34-23(26-20)27(25-15-16-6-9-18(10-7-16)28(30)31)22(29)12-13-35(32,33)19-4-2-1-3-5-19/h1-11,14-15H,12-13H2/b25-15+. The molecule has 1 amide bonds. The Morgan fingerprint density at radius 3 is 2.51 bits per heavy atom. The highest BCUT2D eigenvalue weighted by atomic mass is 79.9. The van der Waals surface area contributed by atoms with Crippen molar-refractivity contribution in [3.63, 3.8) is 0 Å². The van der Waals surface area contributed by atoms with E-state index >= 15 is 0 Å². The second-order valence-corrected chi connectivity index (χ2v) is 11.3. The maximum atomic E-state index is 13.1. The number of anilines is 1. The number of nitrogens with zero attached hydrogens (tertiary/aromatic N) is 4. The largest absolute Gasteiger partial charge is 0.272 e. The highest BCUT2D eigenvalue weighted by molar-refractivity contribution is 9.10. The fourth-order valence-corrected chi connectivity index (χ4v) is 5.82. The van der Waals surface area contributed by atoms with Crippen LogP contribution in [-0.2, 0) is 14.6 Å². The monoisotopic (exact) mass is 572 g/mol. The van der Waals surface area contributed by atoms with Gasteiger partial charge in [-0.3, -0.25) is 14.9 Å². The molecule has 4 aromatic rings. The molecule has 0 bridgehead atoms. The molecule has 0 aliphatic carbocycles. The summed E-state index contributed by atoms with van der Waals surface area (Å²) in [5.74, 6) is -0.948. The summed E-state index contributed by atoms with van der Waals surface area (Å²) < 4.78 is 27.0. The number of hydrazone groups is 1. The topological polar surface area (TPSA) is 123 Å². The summed E-state index contributed by atoms with van der Waals surface area (Å²) in [6, 6.07) is 19.1. The number of nitro benzene ring substituents is 1. The number of hydrogen-bond donors (Lipinski definition) is 0. The van der Waals surface area contributed by atoms with Crippen molar-refractivity contribution in [3.05, 3.63) is 92.9 Å². The summed E-state index contributed by atoms with van der Waals surface area (Å²) in [5, 5.41) is 16.5. The lowest BCUT2D eigenvalue weighted by molar-refractivity contribution is -0.384. The quantitative estimate of drug-likeness (QED) is 0.162. The molecule has 0 saturated carbocycles. The van der Waals surface area contributed by atoms with Gasteiger partial charge in [0.15, 0.2) is 9.84 Å². The Morgan fingerprint density at radius 1 is 1.11 bits per heavy atom. The molecule has 0 saturated heterocycles. The third-order valence-corrected chi connectivity index (χ3v) is 8.09. The van der Waals surface area contributed by atoms with Crippen molar-refractivity contribution in [2.75, 3.05) is 10.8 Å². The third-order valence-electron chi connectivity index (χ3n) is 4.87. The number of sulfone groups is 1. The average molecular weight is 573 g/mol. The Hall–Kier alpha value is -3.48. The first-order chi connectivity index (χ1) is 16.7. The van der Waals surface area contributed by atoms with Crippen LogP contribution in [0.15, 0.2) is 87.3 Å². The number of fused-ring (bicyclic) bond motifs is 1. The van der Waals surface area contributed by atoms with E-state index in [2.05, 4.69) is 26.0 Å². The van der Waals surface area contributed by atoms with E-state index in [0.717, 1.165) is 14.2 Å². The summed E-state index contributed by atoms with van der Waals surface area (Å²) in [6.07, 6.45) is 1.06. The summed E-state index contributed by atoms with van der Waals surface area (Å²) in [6.45, 7) is 0. The van der Waals surface area contributed by atoms with Crippen LogP contribution in [0.5, 0.6) is 0 Å². The lowest BCUT2D eigenvalue weighted by atomic mass is 10.2. The van der Waals surface area contributed by atoms with Crippen LogP contribution in [0, 0.1) is 10.1 Å². The molecule has 0 spiro atoms. The molecule has 1 heterocycles. The number of halogens is 1. The molecule has 3 aromatic carbocycles. The van der Waals surface area contributed by atoms with Crippen molar-refractivity contribution in [1.29, 1.82) is 0 Å². The minimum Gasteiger partial charge on any atom is -0.272 e. The molecule has 9 nitrogen and oxygen atoms in total. The van der Waals surface area contributed by atoms with E-state index in [1.54, 1.807) is 24.3 Å². The maximum absolute atomic E-state index is 13.1. The van der Waals surface area contributed by atoms with Gasteiger partial charge < -0.3 is 0 Å². The van der Waals surface area contributed by atoms with E-state index < -0.39 is 26.4 Å². The summed E-state index contributed by atoms with van der Waals surface area (Å²) in [7, 11) is -3.67. The third kappa shape index (κ3) is 5.96. The van der Waals surface area contributed by atoms with Gasteiger partial charge in [0.25, 0.3) is 11.6 Å². The number of nitro groups is 1. The van der Waals surface area contributed by atoms with Gasteiger partial charge in [-0.1, -0.05) is 45.5 Å². The molecule has 0 radical (unpaired) electrons. The predicted molar refractivity (Wildman–Crippen MR) is 139 cm³/mol. The van der Waals surface area contributed by atoms with Gasteiger partial charge in [-0.05, 0) is 48.0 Å². The van der Waals surface area contributed by atoms with Crippen LogP contribution in [-0.4, -0.2) is 36.2 Å². The Morgan fingerprint density at radius 2 is 1.83 bits per heavy atom. The molecular weight excluding hydrogens is 556 g/mol. The van der Waals surface area contributed by atoms with Crippen molar-refractivity contribution < 1.29 is 18.1 Å². The van der Waals surface area contributed by atoms with E-state index in [1.807, 2.05) is 12.1 Å².